The van der Waals surface area contributed by atoms with E-state index in [1.165, 1.54) is 16.1 Å². The van der Waals surface area contributed by atoms with E-state index in [9.17, 15) is 4.79 Å². The molecule has 0 radical (unpaired) electrons. The maximum Gasteiger partial charge on any atom is 0.245 e. The van der Waals surface area contributed by atoms with Crippen molar-refractivity contribution in [2.75, 3.05) is 18.0 Å². The molecule has 1 aromatic carbocycles. The third kappa shape index (κ3) is 3.54. The van der Waals surface area contributed by atoms with E-state index >= 15 is 0 Å². The van der Waals surface area contributed by atoms with Gasteiger partial charge in [0.1, 0.15) is 6.04 Å². The normalized spacial score (nSPS) is 14.8. The van der Waals surface area contributed by atoms with Gasteiger partial charge in [-0.3, -0.25) is 4.79 Å². The second kappa shape index (κ2) is 7.67. The minimum atomic E-state index is -0.161. The second-order valence-electron chi connectivity index (χ2n) is 6.19. The quantitative estimate of drug-likeness (QED) is 0.739. The summed E-state index contributed by atoms with van der Waals surface area (Å²) in [5.74, 6) is 0.167. The van der Waals surface area contributed by atoms with Crippen LogP contribution in [0.5, 0.6) is 0 Å². The third-order valence-corrected chi connectivity index (χ3v) is 5.42. The zero-order chi connectivity index (χ0) is 16.9. The van der Waals surface area contributed by atoms with E-state index in [1.807, 2.05) is 24.0 Å². The van der Waals surface area contributed by atoms with Crippen molar-refractivity contribution in [3.63, 3.8) is 0 Å². The van der Waals surface area contributed by atoms with Gasteiger partial charge in [-0.25, -0.2) is 0 Å². The van der Waals surface area contributed by atoms with Crippen molar-refractivity contribution in [2.45, 2.75) is 32.4 Å². The zero-order valence-corrected chi connectivity index (χ0v) is 15.0. The molecule has 0 bridgehead atoms. The molecule has 0 saturated heterocycles. The van der Waals surface area contributed by atoms with E-state index in [4.69, 9.17) is 0 Å². The largest absolute Gasteiger partial charge is 0.360 e. The molecule has 0 saturated carbocycles. The molecule has 1 aliphatic rings. The van der Waals surface area contributed by atoms with Crippen LogP contribution in [0.25, 0.3) is 0 Å². The van der Waals surface area contributed by atoms with Crippen molar-refractivity contribution < 1.29 is 4.79 Å². The summed E-state index contributed by atoms with van der Waals surface area (Å²) in [5, 5.41) is 2.05. The van der Waals surface area contributed by atoms with Crippen LogP contribution in [-0.4, -0.2) is 29.9 Å². The molecular formula is C20H24N2OS. The Bertz CT molecular complexity index is 695. The first kappa shape index (κ1) is 16.8. The minimum absolute atomic E-state index is 0.161. The molecule has 0 aliphatic carbocycles. The molecule has 1 amide bonds. The van der Waals surface area contributed by atoms with Gasteiger partial charge in [0.2, 0.25) is 5.91 Å². The highest BCUT2D eigenvalue weighted by molar-refractivity contribution is 7.09. The Morgan fingerprint density at radius 3 is 2.96 bits per heavy atom. The van der Waals surface area contributed by atoms with Crippen LogP contribution in [0.15, 0.2) is 54.4 Å². The average molecular weight is 340 g/mol. The lowest BCUT2D eigenvalue weighted by Gasteiger charge is -2.37. The minimum Gasteiger partial charge on any atom is -0.360 e. The molecule has 0 fully saturated rings. The number of amides is 1. The number of hydrogen-bond donors (Lipinski definition) is 0. The highest BCUT2D eigenvalue weighted by atomic mass is 32.1. The van der Waals surface area contributed by atoms with Crippen LogP contribution < -0.4 is 4.90 Å². The van der Waals surface area contributed by atoms with Gasteiger partial charge in [0.15, 0.2) is 0 Å². The highest BCUT2D eigenvalue weighted by Crippen LogP contribution is 2.29. The lowest BCUT2D eigenvalue weighted by atomic mass is 10.00. The summed E-state index contributed by atoms with van der Waals surface area (Å²) >= 11 is 1.69. The fraction of sp³-hybridized carbons (Fsp3) is 0.350. The molecule has 2 heterocycles. The molecule has 2 aromatic rings. The fourth-order valence-corrected chi connectivity index (χ4v) is 4.06. The van der Waals surface area contributed by atoms with Gasteiger partial charge in [-0.2, -0.15) is 0 Å². The van der Waals surface area contributed by atoms with E-state index in [1.54, 1.807) is 11.3 Å². The second-order valence-corrected chi connectivity index (χ2v) is 7.22. The molecular weight excluding hydrogens is 316 g/mol. The van der Waals surface area contributed by atoms with Gasteiger partial charge in [0.25, 0.3) is 0 Å². The molecule has 4 heteroatoms. The number of nitrogens with zero attached hydrogens (tertiary/aromatic N) is 2. The number of anilines is 1. The smallest absolute Gasteiger partial charge is 0.245 e. The molecule has 1 unspecified atom stereocenters. The summed E-state index contributed by atoms with van der Waals surface area (Å²) in [6.45, 7) is 8.01. The van der Waals surface area contributed by atoms with E-state index < -0.39 is 0 Å². The van der Waals surface area contributed by atoms with Crippen molar-refractivity contribution in [2.24, 2.45) is 0 Å². The predicted molar refractivity (Wildman–Crippen MR) is 102 cm³/mol. The van der Waals surface area contributed by atoms with Crippen molar-refractivity contribution in [1.82, 2.24) is 4.90 Å². The number of aryl methyl sites for hydroxylation is 1. The first-order chi connectivity index (χ1) is 11.7. The first-order valence-electron chi connectivity index (χ1n) is 8.47. The predicted octanol–water partition coefficient (Wildman–Crippen LogP) is 4.10. The number of carbonyl (C=O) groups excluding carboxylic acids is 1. The van der Waals surface area contributed by atoms with Crippen LogP contribution in [0.3, 0.4) is 0 Å². The van der Waals surface area contributed by atoms with Crippen molar-refractivity contribution in [1.29, 1.82) is 0 Å². The number of para-hydroxylation sites is 1. The van der Waals surface area contributed by atoms with Gasteiger partial charge in [-0.05, 0) is 42.8 Å². The van der Waals surface area contributed by atoms with Crippen LogP contribution in [-0.2, 0) is 17.8 Å². The van der Waals surface area contributed by atoms with E-state index in [0.717, 1.165) is 19.4 Å². The highest BCUT2D eigenvalue weighted by Gasteiger charge is 2.28. The Balaban J connectivity index is 1.78. The monoisotopic (exact) mass is 340 g/mol. The van der Waals surface area contributed by atoms with Crippen LogP contribution in [0.1, 0.15) is 23.8 Å². The van der Waals surface area contributed by atoms with Crippen LogP contribution in [0.2, 0.25) is 0 Å². The van der Waals surface area contributed by atoms with Crippen molar-refractivity contribution in [3.8, 4) is 0 Å². The van der Waals surface area contributed by atoms with Gasteiger partial charge in [-0.1, -0.05) is 30.3 Å². The fourth-order valence-electron chi connectivity index (χ4n) is 3.34. The Kier molecular flexibility index (Phi) is 5.36. The molecule has 3 rings (SSSR count). The Labute approximate surface area is 148 Å². The van der Waals surface area contributed by atoms with Gasteiger partial charge in [0, 0.05) is 23.7 Å². The summed E-state index contributed by atoms with van der Waals surface area (Å²) in [7, 11) is 0. The average Bonchev–Trinajstić information content (AvgIpc) is 3.13. The maximum absolute atomic E-state index is 13.1. The molecule has 0 N–H and O–H groups in total. The molecule has 24 heavy (non-hydrogen) atoms. The van der Waals surface area contributed by atoms with Crippen molar-refractivity contribution in [3.05, 3.63) is 64.9 Å². The summed E-state index contributed by atoms with van der Waals surface area (Å²) in [6, 6.07) is 12.4. The molecule has 0 spiro atoms. The van der Waals surface area contributed by atoms with Crippen LogP contribution in [0, 0.1) is 0 Å². The number of hydrogen-bond acceptors (Lipinski definition) is 3. The summed E-state index contributed by atoms with van der Waals surface area (Å²) in [4.78, 5) is 18.5. The maximum atomic E-state index is 13.1. The summed E-state index contributed by atoms with van der Waals surface area (Å²) in [6.07, 6.45) is 4.00. The molecule has 1 aliphatic heterocycles. The molecule has 1 atom stereocenters. The molecule has 3 nitrogen and oxygen atoms in total. The lowest BCUT2D eigenvalue weighted by molar-refractivity contribution is -0.132. The molecule has 126 valence electrons. The zero-order valence-electron chi connectivity index (χ0n) is 14.1. The Morgan fingerprint density at radius 2 is 2.21 bits per heavy atom. The lowest BCUT2D eigenvalue weighted by Crippen LogP contribution is -2.48. The van der Waals surface area contributed by atoms with Gasteiger partial charge < -0.3 is 9.80 Å². The van der Waals surface area contributed by atoms with Crippen molar-refractivity contribution >= 4 is 22.9 Å². The van der Waals surface area contributed by atoms with Gasteiger partial charge in [-0.15, -0.1) is 17.9 Å². The molecule has 1 aromatic heterocycles. The Morgan fingerprint density at radius 1 is 1.38 bits per heavy atom. The topological polar surface area (TPSA) is 23.6 Å². The van der Waals surface area contributed by atoms with Crippen LogP contribution in [0.4, 0.5) is 5.69 Å². The first-order valence-corrected chi connectivity index (χ1v) is 9.35. The number of rotatable bonds is 6. The SMILES string of the molecule is C=CCN(Cc1cccs1)C(=O)C(C)N1CCCc2ccccc21. The standard InChI is InChI=1S/C20H24N2OS/c1-3-12-21(15-18-10-7-14-24-18)20(23)16(2)22-13-6-9-17-8-4-5-11-19(17)22/h3-5,7-8,10-11,14,16H,1,6,9,12-13,15H2,2H3. The van der Waals surface area contributed by atoms with Crippen LogP contribution >= 0.6 is 11.3 Å². The number of fused-ring (bicyclic) bond motifs is 1. The Hall–Kier alpha value is -2.07. The van der Waals surface area contributed by atoms with E-state index in [-0.39, 0.29) is 11.9 Å². The number of carbonyl (C=O) groups is 1. The number of thiophene rings is 1. The third-order valence-electron chi connectivity index (χ3n) is 4.56. The van der Waals surface area contributed by atoms with Gasteiger partial charge in [0.05, 0.1) is 6.54 Å². The van der Waals surface area contributed by atoms with Gasteiger partial charge >= 0.3 is 0 Å². The van der Waals surface area contributed by atoms with E-state index in [0.29, 0.717) is 13.1 Å². The van der Waals surface area contributed by atoms with E-state index in [2.05, 4.69) is 47.2 Å². The number of benzene rings is 1. The summed E-state index contributed by atoms with van der Waals surface area (Å²) < 4.78 is 0. The summed E-state index contributed by atoms with van der Waals surface area (Å²) in [5.41, 5.74) is 2.55.